The van der Waals surface area contributed by atoms with Gasteiger partial charge in [0.05, 0.1) is 30.4 Å². The van der Waals surface area contributed by atoms with Crippen molar-refractivity contribution in [2.75, 3.05) is 7.11 Å². The van der Waals surface area contributed by atoms with Crippen molar-refractivity contribution in [3.63, 3.8) is 0 Å². The summed E-state index contributed by atoms with van der Waals surface area (Å²) in [7, 11) is 1.56. The molecule has 144 valence electrons. The van der Waals surface area contributed by atoms with Gasteiger partial charge in [0, 0.05) is 11.5 Å². The van der Waals surface area contributed by atoms with Gasteiger partial charge in [0.25, 0.3) is 0 Å². The number of ether oxygens (including phenoxy) is 2. The minimum atomic E-state index is -4.42. The number of nitrogens with one attached hydrogen (secondary N) is 1. The number of esters is 1. The number of halogens is 3. The molecule has 0 fully saturated rings. The zero-order chi connectivity index (χ0) is 19.9. The van der Waals surface area contributed by atoms with Gasteiger partial charge in [0.2, 0.25) is 5.88 Å². The Morgan fingerprint density at radius 3 is 2.39 bits per heavy atom. The van der Waals surface area contributed by atoms with Crippen LogP contribution in [0.5, 0.6) is 11.6 Å². The summed E-state index contributed by atoms with van der Waals surface area (Å²) >= 11 is 0. The molecule has 1 aliphatic rings. The molecule has 0 saturated carbocycles. The Labute approximate surface area is 158 Å². The van der Waals surface area contributed by atoms with Gasteiger partial charge < -0.3 is 9.47 Å². The zero-order valence-electron chi connectivity index (χ0n) is 14.7. The molecular formula is C20H15F3N2O3. The van der Waals surface area contributed by atoms with Gasteiger partial charge in [-0.15, -0.1) is 5.10 Å². The van der Waals surface area contributed by atoms with E-state index in [9.17, 15) is 18.0 Å². The molecule has 1 atom stereocenters. The van der Waals surface area contributed by atoms with Crippen LogP contribution in [0.25, 0.3) is 11.3 Å². The average Bonchev–Trinajstić information content (AvgIpc) is 3.10. The number of carbonyl (C=O) groups excluding carboxylic acids is 1. The molecule has 0 unspecified atom stereocenters. The number of carbonyl (C=O) groups is 1. The lowest BCUT2D eigenvalue weighted by molar-refractivity contribution is -0.138. The Hall–Kier alpha value is -3.29. The van der Waals surface area contributed by atoms with Gasteiger partial charge in [-0.1, -0.05) is 12.1 Å². The van der Waals surface area contributed by atoms with Crippen LogP contribution in [0.15, 0.2) is 48.5 Å². The first-order valence-corrected chi connectivity index (χ1v) is 8.47. The van der Waals surface area contributed by atoms with E-state index in [1.807, 2.05) is 12.1 Å². The van der Waals surface area contributed by atoms with Crippen LogP contribution in [-0.2, 0) is 11.0 Å². The standard InChI is InChI=1S/C20H15F3N2O3/c1-27-14-8-4-12(5-9-14)18-17-15(10-16(26)28-19(17)25-24-18)11-2-6-13(7-3-11)20(21,22)23/h2-9,15H,10H2,1H3,(H,24,25)/t15-/m0/s1. The molecule has 8 heteroatoms. The van der Waals surface area contributed by atoms with Crippen molar-refractivity contribution in [3.8, 4) is 22.9 Å². The number of aromatic nitrogens is 2. The first kappa shape index (κ1) is 18.1. The number of H-pyrrole nitrogens is 1. The minimum Gasteiger partial charge on any atom is -0.497 e. The van der Waals surface area contributed by atoms with Gasteiger partial charge in [-0.2, -0.15) is 13.2 Å². The Bertz CT molecular complexity index is 1010. The van der Waals surface area contributed by atoms with E-state index in [1.54, 1.807) is 19.2 Å². The van der Waals surface area contributed by atoms with Gasteiger partial charge >= 0.3 is 12.1 Å². The second-order valence-electron chi connectivity index (χ2n) is 6.40. The molecule has 1 aromatic heterocycles. The van der Waals surface area contributed by atoms with Crippen molar-refractivity contribution >= 4 is 5.97 Å². The number of nitrogens with zero attached hydrogens (tertiary/aromatic N) is 1. The van der Waals surface area contributed by atoms with Crippen LogP contribution >= 0.6 is 0 Å². The largest absolute Gasteiger partial charge is 0.497 e. The van der Waals surface area contributed by atoms with Crippen molar-refractivity contribution < 1.29 is 27.4 Å². The smallest absolute Gasteiger partial charge is 0.416 e. The van der Waals surface area contributed by atoms with Crippen LogP contribution in [0.1, 0.15) is 29.0 Å². The Morgan fingerprint density at radius 2 is 1.79 bits per heavy atom. The lowest BCUT2D eigenvalue weighted by Crippen LogP contribution is -2.21. The summed E-state index contributed by atoms with van der Waals surface area (Å²) < 4.78 is 49.0. The van der Waals surface area contributed by atoms with Crippen LogP contribution in [0.2, 0.25) is 0 Å². The number of aromatic amines is 1. The maximum atomic E-state index is 12.9. The van der Waals surface area contributed by atoms with Gasteiger partial charge in [-0.05, 0) is 42.0 Å². The molecule has 1 aliphatic heterocycles. The second kappa shape index (κ2) is 6.70. The highest BCUT2D eigenvalue weighted by Gasteiger charge is 2.35. The molecule has 3 aromatic rings. The predicted molar refractivity (Wildman–Crippen MR) is 94.1 cm³/mol. The van der Waals surface area contributed by atoms with E-state index in [0.717, 1.165) is 17.7 Å². The fourth-order valence-corrected chi connectivity index (χ4v) is 3.32. The number of rotatable bonds is 3. The third-order valence-electron chi connectivity index (χ3n) is 4.72. The monoisotopic (exact) mass is 388 g/mol. The molecule has 0 spiro atoms. The normalized spacial score (nSPS) is 16.4. The van der Waals surface area contributed by atoms with Crippen LogP contribution in [0.3, 0.4) is 0 Å². The SMILES string of the molecule is COc1ccc(-c2[nH]nc3c2[C@H](c2ccc(C(F)(F)F)cc2)CC(=O)O3)cc1. The van der Waals surface area contributed by atoms with Crippen molar-refractivity contribution in [3.05, 3.63) is 65.2 Å². The zero-order valence-corrected chi connectivity index (χ0v) is 14.7. The van der Waals surface area contributed by atoms with Crippen LogP contribution in [0.4, 0.5) is 13.2 Å². The topological polar surface area (TPSA) is 64.2 Å². The average molecular weight is 388 g/mol. The Morgan fingerprint density at radius 1 is 1.11 bits per heavy atom. The van der Waals surface area contributed by atoms with Gasteiger partial charge in [0.15, 0.2) is 0 Å². The molecule has 28 heavy (non-hydrogen) atoms. The van der Waals surface area contributed by atoms with Crippen LogP contribution in [0, 0.1) is 0 Å². The number of fused-ring (bicyclic) bond motifs is 1. The molecule has 2 heterocycles. The van der Waals surface area contributed by atoms with Crippen molar-refractivity contribution in [1.29, 1.82) is 0 Å². The Kier molecular flexibility index (Phi) is 4.33. The Balaban J connectivity index is 1.77. The molecule has 2 aromatic carbocycles. The van der Waals surface area contributed by atoms with E-state index in [2.05, 4.69) is 10.2 Å². The second-order valence-corrected chi connectivity index (χ2v) is 6.40. The van der Waals surface area contributed by atoms with E-state index < -0.39 is 23.6 Å². The molecule has 1 N–H and O–H groups in total. The third-order valence-corrected chi connectivity index (χ3v) is 4.72. The summed E-state index contributed by atoms with van der Waals surface area (Å²) in [6.07, 6.45) is -4.40. The number of benzene rings is 2. The molecule has 0 radical (unpaired) electrons. The fourth-order valence-electron chi connectivity index (χ4n) is 3.32. The van der Waals surface area contributed by atoms with E-state index >= 15 is 0 Å². The number of alkyl halides is 3. The summed E-state index contributed by atoms with van der Waals surface area (Å²) in [6, 6.07) is 12.0. The third kappa shape index (κ3) is 3.21. The maximum Gasteiger partial charge on any atom is 0.416 e. The van der Waals surface area contributed by atoms with E-state index in [1.165, 1.54) is 12.1 Å². The van der Waals surface area contributed by atoms with Gasteiger partial charge in [0.1, 0.15) is 5.75 Å². The molecule has 5 nitrogen and oxygen atoms in total. The fraction of sp³-hybridized carbons (Fsp3) is 0.200. The predicted octanol–water partition coefficient (Wildman–Crippen LogP) is 4.55. The molecule has 0 saturated heterocycles. The highest BCUT2D eigenvalue weighted by atomic mass is 19.4. The van der Waals surface area contributed by atoms with Crippen molar-refractivity contribution in [2.24, 2.45) is 0 Å². The lowest BCUT2D eigenvalue weighted by atomic mass is 9.85. The molecule has 0 aliphatic carbocycles. The molecule has 0 amide bonds. The quantitative estimate of drug-likeness (QED) is 0.669. The summed E-state index contributed by atoms with van der Waals surface area (Å²) in [5.74, 6) is -0.116. The van der Waals surface area contributed by atoms with Crippen LogP contribution < -0.4 is 9.47 Å². The maximum absolute atomic E-state index is 12.9. The number of hydrogen-bond donors (Lipinski definition) is 1. The van der Waals surface area contributed by atoms with E-state index in [0.29, 0.717) is 22.6 Å². The van der Waals surface area contributed by atoms with Crippen molar-refractivity contribution in [2.45, 2.75) is 18.5 Å². The molecule has 4 rings (SSSR count). The summed E-state index contributed by atoms with van der Waals surface area (Å²) in [6.45, 7) is 0. The first-order valence-electron chi connectivity index (χ1n) is 8.47. The lowest BCUT2D eigenvalue weighted by Gasteiger charge is -2.23. The highest BCUT2D eigenvalue weighted by Crippen LogP contribution is 2.43. The van der Waals surface area contributed by atoms with Crippen molar-refractivity contribution in [1.82, 2.24) is 10.2 Å². The minimum absolute atomic E-state index is 0.0149. The first-order chi connectivity index (χ1) is 13.4. The van der Waals surface area contributed by atoms with E-state index in [4.69, 9.17) is 9.47 Å². The highest BCUT2D eigenvalue weighted by molar-refractivity contribution is 5.80. The summed E-state index contributed by atoms with van der Waals surface area (Å²) in [5.41, 5.74) is 1.93. The molecular weight excluding hydrogens is 373 g/mol. The van der Waals surface area contributed by atoms with Gasteiger partial charge in [-0.25, -0.2) is 0 Å². The number of methoxy groups -OCH3 is 1. The van der Waals surface area contributed by atoms with Crippen LogP contribution in [-0.4, -0.2) is 23.3 Å². The number of hydrogen-bond acceptors (Lipinski definition) is 4. The van der Waals surface area contributed by atoms with E-state index in [-0.39, 0.29) is 12.3 Å². The summed E-state index contributed by atoms with van der Waals surface area (Å²) in [4.78, 5) is 12.0. The molecule has 0 bridgehead atoms. The van der Waals surface area contributed by atoms with Gasteiger partial charge in [-0.3, -0.25) is 9.89 Å². The summed E-state index contributed by atoms with van der Waals surface area (Å²) in [5, 5.41) is 6.96.